The number of carboxylic acids is 1. The van der Waals surface area contributed by atoms with Crippen LogP contribution in [-0.4, -0.2) is 41.2 Å². The molecule has 2 aromatic rings. The van der Waals surface area contributed by atoms with Crippen molar-refractivity contribution in [2.45, 2.75) is 56.6 Å². The Morgan fingerprint density at radius 2 is 1.93 bits per heavy atom. The molecule has 158 valence electrons. The number of ketones is 1. The number of Topliss-reactive ketones (excluding diaryl/α,β-unsaturated/α-hetero) is 1. The number of carbonyl (C=O) groups excluding carboxylic acids is 1. The van der Waals surface area contributed by atoms with Crippen molar-refractivity contribution < 1.29 is 27.6 Å². The van der Waals surface area contributed by atoms with Crippen molar-refractivity contribution in [1.29, 1.82) is 0 Å². The molecule has 1 N–H and O–H groups in total. The Labute approximate surface area is 176 Å². The van der Waals surface area contributed by atoms with E-state index in [4.69, 9.17) is 4.52 Å². The summed E-state index contributed by atoms with van der Waals surface area (Å²) in [4.78, 5) is 30.4. The molecule has 3 heterocycles. The van der Waals surface area contributed by atoms with E-state index in [1.54, 1.807) is 0 Å². The minimum absolute atomic E-state index is 0.0142. The molecule has 1 aliphatic heterocycles. The smallest absolute Gasteiger partial charge is 0.331 e. The summed E-state index contributed by atoms with van der Waals surface area (Å²) in [7, 11) is -3.17. The largest absolute Gasteiger partial charge is 0.478 e. The molecular weight excluding hydrogens is 428 g/mol. The number of sulfone groups is 1. The SMILES string of the molecule is O=C(O)C1=C(C(=O)Cc2sc3c(c2-c2nc(C4CC4)no2)CCS(=O)(=O)C3)CCC1. The molecule has 10 heteroatoms. The maximum Gasteiger partial charge on any atom is 0.331 e. The lowest BCUT2D eigenvalue weighted by Crippen LogP contribution is -2.17. The van der Waals surface area contributed by atoms with Crippen LogP contribution in [0.2, 0.25) is 0 Å². The predicted molar refractivity (Wildman–Crippen MR) is 108 cm³/mol. The van der Waals surface area contributed by atoms with Gasteiger partial charge in [-0.2, -0.15) is 4.98 Å². The van der Waals surface area contributed by atoms with E-state index in [9.17, 15) is 23.1 Å². The standard InChI is InChI=1S/C20H20N2O6S2/c23-14(11-2-1-3-12(11)20(24)25)8-15-17(19-21-18(22-28-19)10-4-5-10)13-6-7-30(26,27)9-16(13)29-15/h10H,1-9H2,(H,24,25). The highest BCUT2D eigenvalue weighted by molar-refractivity contribution is 7.90. The van der Waals surface area contributed by atoms with Crippen LogP contribution in [-0.2, 0) is 38.0 Å². The highest BCUT2D eigenvalue weighted by Gasteiger charge is 2.34. The van der Waals surface area contributed by atoms with Gasteiger partial charge in [-0.1, -0.05) is 5.16 Å². The number of hydrogen-bond donors (Lipinski definition) is 1. The summed E-state index contributed by atoms with van der Waals surface area (Å²) in [5.74, 6) is 0.0145. The quantitative estimate of drug-likeness (QED) is 0.714. The first-order chi connectivity index (χ1) is 14.3. The van der Waals surface area contributed by atoms with Crippen molar-refractivity contribution in [2.75, 3.05) is 5.75 Å². The fourth-order valence-corrected chi connectivity index (χ4v) is 7.38. The lowest BCUT2D eigenvalue weighted by molar-refractivity contribution is -0.133. The molecule has 0 spiro atoms. The number of nitrogens with zero attached hydrogens (tertiary/aromatic N) is 2. The second kappa shape index (κ2) is 7.12. The van der Waals surface area contributed by atoms with Crippen molar-refractivity contribution in [3.8, 4) is 11.5 Å². The van der Waals surface area contributed by atoms with Crippen LogP contribution < -0.4 is 0 Å². The second-order valence-corrected chi connectivity index (χ2v) is 11.5. The monoisotopic (exact) mass is 448 g/mol. The summed E-state index contributed by atoms with van der Waals surface area (Å²) in [5.41, 5.74) is 2.10. The molecule has 2 aromatic heterocycles. The van der Waals surface area contributed by atoms with E-state index >= 15 is 0 Å². The van der Waals surface area contributed by atoms with Gasteiger partial charge in [0.1, 0.15) is 0 Å². The number of hydrogen-bond acceptors (Lipinski definition) is 8. The molecule has 1 saturated carbocycles. The van der Waals surface area contributed by atoms with Gasteiger partial charge in [-0.15, -0.1) is 11.3 Å². The van der Waals surface area contributed by atoms with Gasteiger partial charge in [0.05, 0.1) is 17.1 Å². The molecule has 1 fully saturated rings. The Hall–Kier alpha value is -2.33. The number of rotatable bonds is 6. The summed E-state index contributed by atoms with van der Waals surface area (Å²) in [6.45, 7) is 0. The Bertz CT molecular complexity index is 1200. The summed E-state index contributed by atoms with van der Waals surface area (Å²) < 4.78 is 29.8. The minimum Gasteiger partial charge on any atom is -0.478 e. The molecular formula is C20H20N2O6S2. The molecule has 0 atom stereocenters. The van der Waals surface area contributed by atoms with Crippen LogP contribution in [0, 0.1) is 0 Å². The Kier molecular flexibility index (Phi) is 4.66. The number of carboxylic acid groups (broad SMARTS) is 1. The lowest BCUT2D eigenvalue weighted by atomic mass is 9.99. The maximum atomic E-state index is 13.0. The number of fused-ring (bicyclic) bond motifs is 1. The van der Waals surface area contributed by atoms with Crippen LogP contribution in [0.1, 0.15) is 59.2 Å². The van der Waals surface area contributed by atoms with Crippen LogP contribution in [0.25, 0.3) is 11.5 Å². The first kappa shape index (κ1) is 19.6. The van der Waals surface area contributed by atoms with Gasteiger partial charge >= 0.3 is 5.97 Å². The highest BCUT2D eigenvalue weighted by atomic mass is 32.2. The number of aliphatic carboxylic acids is 1. The van der Waals surface area contributed by atoms with Gasteiger partial charge in [0, 0.05) is 33.2 Å². The van der Waals surface area contributed by atoms with Crippen molar-refractivity contribution in [1.82, 2.24) is 10.1 Å². The zero-order valence-corrected chi connectivity index (χ0v) is 17.8. The van der Waals surface area contributed by atoms with E-state index in [2.05, 4.69) is 10.1 Å². The van der Waals surface area contributed by atoms with Gasteiger partial charge in [0.25, 0.3) is 5.89 Å². The molecule has 0 aromatic carbocycles. The van der Waals surface area contributed by atoms with Crippen molar-refractivity contribution in [2.24, 2.45) is 0 Å². The van der Waals surface area contributed by atoms with Crippen LogP contribution in [0.4, 0.5) is 0 Å². The van der Waals surface area contributed by atoms with E-state index in [0.29, 0.717) is 64.2 Å². The third kappa shape index (κ3) is 3.51. The molecule has 0 saturated heterocycles. The normalized spacial score (nSPS) is 20.4. The summed E-state index contributed by atoms with van der Waals surface area (Å²) in [6.07, 6.45) is 3.93. The van der Waals surface area contributed by atoms with E-state index < -0.39 is 15.8 Å². The van der Waals surface area contributed by atoms with Crippen LogP contribution in [0.3, 0.4) is 0 Å². The molecule has 8 nitrogen and oxygen atoms in total. The van der Waals surface area contributed by atoms with E-state index in [0.717, 1.165) is 18.4 Å². The molecule has 2 aliphatic carbocycles. The Morgan fingerprint density at radius 1 is 1.17 bits per heavy atom. The molecule has 0 radical (unpaired) electrons. The third-order valence-corrected chi connectivity index (χ3v) is 8.88. The highest BCUT2D eigenvalue weighted by Crippen LogP contribution is 2.43. The van der Waals surface area contributed by atoms with E-state index in [1.165, 1.54) is 11.3 Å². The van der Waals surface area contributed by atoms with E-state index in [1.807, 2.05) is 0 Å². The number of allylic oxidation sites excluding steroid dienone is 1. The molecule has 0 amide bonds. The Morgan fingerprint density at radius 3 is 2.67 bits per heavy atom. The average molecular weight is 449 g/mol. The first-order valence-electron chi connectivity index (χ1n) is 9.98. The summed E-state index contributed by atoms with van der Waals surface area (Å²) in [5, 5.41) is 13.4. The number of thiophene rings is 1. The lowest BCUT2D eigenvalue weighted by Gasteiger charge is -2.12. The van der Waals surface area contributed by atoms with Crippen LogP contribution >= 0.6 is 11.3 Å². The van der Waals surface area contributed by atoms with Gasteiger partial charge in [-0.05, 0) is 44.1 Å². The molecule has 3 aliphatic rings. The fraction of sp³-hybridized carbons (Fsp3) is 0.500. The van der Waals surface area contributed by atoms with Crippen molar-refractivity contribution in [3.05, 3.63) is 32.3 Å². The van der Waals surface area contributed by atoms with Crippen molar-refractivity contribution >= 4 is 32.9 Å². The molecule has 30 heavy (non-hydrogen) atoms. The predicted octanol–water partition coefficient (Wildman–Crippen LogP) is 2.82. The third-order valence-electron chi connectivity index (χ3n) is 5.91. The zero-order chi connectivity index (χ0) is 21.0. The molecule has 5 rings (SSSR count). The van der Waals surface area contributed by atoms with E-state index in [-0.39, 0.29) is 29.3 Å². The number of aromatic nitrogens is 2. The first-order valence-corrected chi connectivity index (χ1v) is 12.6. The molecule has 0 unspecified atom stereocenters. The molecule has 0 bridgehead atoms. The van der Waals surface area contributed by atoms with Gasteiger partial charge < -0.3 is 9.63 Å². The Balaban J connectivity index is 1.55. The van der Waals surface area contributed by atoms with Gasteiger partial charge in [-0.25, -0.2) is 13.2 Å². The second-order valence-electron chi connectivity index (χ2n) is 8.09. The average Bonchev–Trinajstić information content (AvgIpc) is 3.10. The fourth-order valence-electron chi connectivity index (χ4n) is 4.24. The van der Waals surface area contributed by atoms with Gasteiger partial charge in [0.2, 0.25) is 0 Å². The minimum atomic E-state index is -3.17. The zero-order valence-electron chi connectivity index (χ0n) is 16.1. The number of carbonyl (C=O) groups is 2. The van der Waals surface area contributed by atoms with Gasteiger partial charge in [-0.3, -0.25) is 4.79 Å². The summed E-state index contributed by atoms with van der Waals surface area (Å²) >= 11 is 1.29. The van der Waals surface area contributed by atoms with Crippen LogP contribution in [0.15, 0.2) is 15.7 Å². The van der Waals surface area contributed by atoms with Gasteiger partial charge in [0.15, 0.2) is 21.4 Å². The topological polar surface area (TPSA) is 127 Å². The maximum absolute atomic E-state index is 13.0. The summed E-state index contributed by atoms with van der Waals surface area (Å²) in [6, 6.07) is 0. The van der Waals surface area contributed by atoms with Crippen LogP contribution in [0.5, 0.6) is 0 Å². The van der Waals surface area contributed by atoms with Crippen molar-refractivity contribution in [3.63, 3.8) is 0 Å².